The van der Waals surface area contributed by atoms with Crippen molar-refractivity contribution in [3.8, 4) is 0 Å². The van der Waals surface area contributed by atoms with Crippen molar-refractivity contribution < 1.29 is 14.1 Å². The summed E-state index contributed by atoms with van der Waals surface area (Å²) in [6.45, 7) is 0.0951. The van der Waals surface area contributed by atoms with Gasteiger partial charge in [0.15, 0.2) is 0 Å². The zero-order chi connectivity index (χ0) is 20.0. The molecule has 10 nitrogen and oxygen atoms in total. The molecule has 2 aromatic heterocycles. The molecular weight excluding hydrogens is 374 g/mol. The molecule has 2 aromatic rings. The standard InChI is InChI=1S/C19H23N7O3/c1-25-10-16(27)26(19(25)28)14-6-7-15(20-9-14)21-12-4-5-13(8-12)22-18-23-17(29-24-18)11-2-3-11/h6-7,9,11-13H,2-5,8,10H2,1H3,(H,20,21)(H,22,24)/t12-,13-/m0/s1. The monoisotopic (exact) mass is 397 g/mol. The van der Waals surface area contributed by atoms with Crippen molar-refractivity contribution in [1.82, 2.24) is 20.0 Å². The van der Waals surface area contributed by atoms with E-state index in [4.69, 9.17) is 4.52 Å². The first-order chi connectivity index (χ1) is 14.1. The summed E-state index contributed by atoms with van der Waals surface area (Å²) in [6, 6.07) is 3.78. The van der Waals surface area contributed by atoms with Crippen LogP contribution in [-0.2, 0) is 4.79 Å². The van der Waals surface area contributed by atoms with Crippen LogP contribution >= 0.6 is 0 Å². The van der Waals surface area contributed by atoms with E-state index in [0.29, 0.717) is 17.6 Å². The molecule has 0 radical (unpaired) electrons. The number of urea groups is 1. The number of carbonyl (C=O) groups is 2. The SMILES string of the molecule is CN1CC(=O)N(c2ccc(N[C@H]3CC[C@H](Nc4noc(C5CC5)n4)C3)nc2)C1=O. The molecule has 0 spiro atoms. The Morgan fingerprint density at radius 1 is 1.10 bits per heavy atom. The molecule has 3 aliphatic rings. The van der Waals surface area contributed by atoms with E-state index in [1.165, 1.54) is 4.90 Å². The zero-order valence-electron chi connectivity index (χ0n) is 16.2. The van der Waals surface area contributed by atoms with Gasteiger partial charge in [0.25, 0.3) is 11.9 Å². The molecule has 1 saturated heterocycles. The number of anilines is 3. The van der Waals surface area contributed by atoms with Crippen LogP contribution < -0.4 is 15.5 Å². The topological polar surface area (TPSA) is 116 Å². The molecule has 1 aliphatic heterocycles. The highest BCUT2D eigenvalue weighted by atomic mass is 16.5. The molecule has 29 heavy (non-hydrogen) atoms. The second-order valence-corrected chi connectivity index (χ2v) is 8.00. The Labute approximate surface area is 167 Å². The quantitative estimate of drug-likeness (QED) is 0.713. The molecule has 5 rings (SSSR count). The van der Waals surface area contributed by atoms with Crippen molar-refractivity contribution in [2.45, 2.75) is 50.1 Å². The Bertz CT molecular complexity index is 924. The van der Waals surface area contributed by atoms with Crippen LogP contribution in [0.1, 0.15) is 43.9 Å². The van der Waals surface area contributed by atoms with Crippen molar-refractivity contribution >= 4 is 29.4 Å². The molecule has 0 aromatic carbocycles. The molecule has 10 heteroatoms. The lowest BCUT2D eigenvalue weighted by molar-refractivity contribution is -0.116. The maximum atomic E-state index is 12.1. The summed E-state index contributed by atoms with van der Waals surface area (Å²) in [6.07, 6.45) is 6.76. The van der Waals surface area contributed by atoms with Crippen LogP contribution in [0.4, 0.5) is 22.2 Å². The van der Waals surface area contributed by atoms with Gasteiger partial charge in [-0.2, -0.15) is 4.98 Å². The fourth-order valence-electron chi connectivity index (χ4n) is 3.90. The van der Waals surface area contributed by atoms with Crippen LogP contribution in [0.2, 0.25) is 0 Å². The largest absolute Gasteiger partial charge is 0.367 e. The predicted octanol–water partition coefficient (Wildman–Crippen LogP) is 2.19. The van der Waals surface area contributed by atoms with E-state index in [9.17, 15) is 9.59 Å². The molecule has 3 heterocycles. The minimum atomic E-state index is -0.325. The van der Waals surface area contributed by atoms with Crippen LogP contribution in [0, 0.1) is 0 Å². The van der Waals surface area contributed by atoms with Gasteiger partial charge in [-0.1, -0.05) is 0 Å². The number of hydrogen-bond donors (Lipinski definition) is 2. The number of rotatable bonds is 6. The Morgan fingerprint density at radius 2 is 1.90 bits per heavy atom. The highest BCUT2D eigenvalue weighted by Crippen LogP contribution is 2.39. The first kappa shape index (κ1) is 17.9. The van der Waals surface area contributed by atoms with Gasteiger partial charge in [-0.25, -0.2) is 14.7 Å². The fourth-order valence-corrected chi connectivity index (χ4v) is 3.90. The molecule has 0 bridgehead atoms. The molecule has 152 valence electrons. The first-order valence-corrected chi connectivity index (χ1v) is 9.97. The average molecular weight is 397 g/mol. The summed E-state index contributed by atoms with van der Waals surface area (Å²) in [5.74, 6) is 2.26. The van der Waals surface area contributed by atoms with E-state index >= 15 is 0 Å². The third-order valence-corrected chi connectivity index (χ3v) is 5.63. The lowest BCUT2D eigenvalue weighted by Gasteiger charge is -2.16. The predicted molar refractivity (Wildman–Crippen MR) is 105 cm³/mol. The highest BCUT2D eigenvalue weighted by molar-refractivity contribution is 6.19. The van der Waals surface area contributed by atoms with Crippen molar-refractivity contribution in [2.24, 2.45) is 0 Å². The average Bonchev–Trinajstić information content (AvgIpc) is 3.20. The smallest absolute Gasteiger partial charge is 0.331 e. The maximum Gasteiger partial charge on any atom is 0.331 e. The molecule has 2 atom stereocenters. The molecule has 2 N–H and O–H groups in total. The van der Waals surface area contributed by atoms with Gasteiger partial charge in [-0.3, -0.25) is 4.79 Å². The van der Waals surface area contributed by atoms with Gasteiger partial charge in [0.2, 0.25) is 5.89 Å². The van der Waals surface area contributed by atoms with E-state index in [2.05, 4.69) is 25.8 Å². The number of aromatic nitrogens is 3. The number of pyridine rings is 1. The van der Waals surface area contributed by atoms with E-state index < -0.39 is 0 Å². The Balaban J connectivity index is 1.16. The lowest BCUT2D eigenvalue weighted by atomic mass is 10.2. The second-order valence-electron chi connectivity index (χ2n) is 8.00. The van der Waals surface area contributed by atoms with Crippen LogP contribution in [0.15, 0.2) is 22.9 Å². The molecule has 2 aliphatic carbocycles. The normalized spacial score (nSPS) is 24.4. The number of amides is 3. The van der Waals surface area contributed by atoms with Crippen molar-refractivity contribution in [1.29, 1.82) is 0 Å². The van der Waals surface area contributed by atoms with Gasteiger partial charge in [0.05, 0.1) is 11.9 Å². The van der Waals surface area contributed by atoms with Crippen molar-refractivity contribution in [3.63, 3.8) is 0 Å². The number of nitrogens with zero attached hydrogens (tertiary/aromatic N) is 5. The van der Waals surface area contributed by atoms with Crippen LogP contribution in [0.25, 0.3) is 0 Å². The lowest BCUT2D eigenvalue weighted by Crippen LogP contribution is -2.31. The van der Waals surface area contributed by atoms with Gasteiger partial charge in [0.1, 0.15) is 12.4 Å². The number of nitrogens with one attached hydrogen (secondary N) is 2. The van der Waals surface area contributed by atoms with Crippen molar-refractivity contribution in [2.75, 3.05) is 29.1 Å². The number of hydrogen-bond acceptors (Lipinski definition) is 8. The van der Waals surface area contributed by atoms with Crippen molar-refractivity contribution in [3.05, 3.63) is 24.2 Å². The molecule has 2 saturated carbocycles. The van der Waals surface area contributed by atoms with Crippen LogP contribution in [0.5, 0.6) is 0 Å². The summed E-state index contributed by atoms with van der Waals surface area (Å²) in [5.41, 5.74) is 0.490. The highest BCUT2D eigenvalue weighted by Gasteiger charge is 2.35. The summed E-state index contributed by atoms with van der Waals surface area (Å²) in [7, 11) is 1.61. The van der Waals surface area contributed by atoms with Crippen LogP contribution in [-0.4, -0.2) is 57.6 Å². The molecular formula is C19H23N7O3. The maximum absolute atomic E-state index is 12.1. The second kappa shape index (κ2) is 7.02. The first-order valence-electron chi connectivity index (χ1n) is 9.97. The van der Waals surface area contributed by atoms with E-state index in [1.54, 1.807) is 25.4 Å². The Hall–Kier alpha value is -3.17. The fraction of sp³-hybridized carbons (Fsp3) is 0.526. The number of likely N-dealkylation sites (N-methyl/N-ethyl adjacent to an activating group) is 1. The van der Waals surface area contributed by atoms with Gasteiger partial charge in [-0.05, 0) is 49.4 Å². The summed E-state index contributed by atoms with van der Waals surface area (Å²) in [5, 5.41) is 10.8. The zero-order valence-corrected chi connectivity index (χ0v) is 16.2. The minimum Gasteiger partial charge on any atom is -0.367 e. The number of imide groups is 1. The van der Waals surface area contributed by atoms with Gasteiger partial charge >= 0.3 is 6.03 Å². The summed E-state index contributed by atoms with van der Waals surface area (Å²) >= 11 is 0. The third kappa shape index (κ3) is 3.62. The molecule has 3 amide bonds. The number of carbonyl (C=O) groups excluding carboxylic acids is 2. The summed E-state index contributed by atoms with van der Waals surface area (Å²) < 4.78 is 5.29. The Kier molecular flexibility index (Phi) is 4.33. The minimum absolute atomic E-state index is 0.0951. The summed E-state index contributed by atoms with van der Waals surface area (Å²) in [4.78, 5) is 35.4. The van der Waals surface area contributed by atoms with E-state index in [-0.39, 0.29) is 30.6 Å². The Morgan fingerprint density at radius 3 is 2.55 bits per heavy atom. The van der Waals surface area contributed by atoms with Crippen LogP contribution in [0.3, 0.4) is 0 Å². The van der Waals surface area contributed by atoms with Gasteiger partial charge in [0, 0.05) is 25.0 Å². The van der Waals surface area contributed by atoms with E-state index in [1.807, 2.05) is 0 Å². The third-order valence-electron chi connectivity index (χ3n) is 5.63. The van der Waals surface area contributed by atoms with Gasteiger partial charge in [-0.15, -0.1) is 0 Å². The molecule has 0 unspecified atom stereocenters. The molecule has 3 fully saturated rings. The van der Waals surface area contributed by atoms with E-state index in [0.717, 1.165) is 48.7 Å². The van der Waals surface area contributed by atoms with Gasteiger partial charge < -0.3 is 20.1 Å².